The Morgan fingerprint density at radius 3 is 1.79 bits per heavy atom. The Kier molecular flexibility index (Phi) is 12.4. The summed E-state index contributed by atoms with van der Waals surface area (Å²) in [6, 6.07) is 60.6. The number of nitrogens with zero attached hydrogens (tertiary/aromatic N) is 2. The normalized spacial score (nSPS) is 15.3. The number of aryl methyl sites for hydroxylation is 3. The summed E-state index contributed by atoms with van der Waals surface area (Å²) in [6.45, 7) is 25.2. The molecule has 7 aromatic carbocycles. The SMILES string of the molecule is CC1=CC(c2ccccc2C)C(Nc2ccccc2)C=C1N(c1ccccc1C)c1cccc(N(c2ccc(C(C)(C)C)cc2-c2ccc(C(C)(C)C)cc2)c2c(C)sc3ccccc23)c1C. The van der Waals surface area contributed by atoms with E-state index in [-0.39, 0.29) is 22.8 Å². The molecule has 2 unspecified atom stereocenters. The summed E-state index contributed by atoms with van der Waals surface area (Å²) in [6.07, 6.45) is 4.97. The van der Waals surface area contributed by atoms with E-state index in [1.807, 2.05) is 11.3 Å². The summed E-state index contributed by atoms with van der Waals surface area (Å²) in [7, 11) is 0. The number of anilines is 6. The second kappa shape index (κ2) is 18.2. The van der Waals surface area contributed by atoms with Crippen LogP contribution in [0, 0.1) is 27.7 Å². The fourth-order valence-electron chi connectivity index (χ4n) is 9.90. The van der Waals surface area contributed by atoms with Gasteiger partial charge in [0.2, 0.25) is 0 Å². The van der Waals surface area contributed by atoms with Crippen LogP contribution in [-0.2, 0) is 10.8 Å². The van der Waals surface area contributed by atoms with Crippen molar-refractivity contribution in [2.45, 2.75) is 99.0 Å². The molecule has 0 amide bonds. The molecule has 0 fully saturated rings. The van der Waals surface area contributed by atoms with E-state index in [4.69, 9.17) is 0 Å². The first kappa shape index (κ1) is 45.5. The highest BCUT2D eigenvalue weighted by atomic mass is 32.1. The van der Waals surface area contributed by atoms with Crippen LogP contribution in [-0.4, -0.2) is 6.04 Å². The molecular formula is C63H65N3S. The third-order valence-corrected chi connectivity index (χ3v) is 14.8. The minimum absolute atomic E-state index is 0.0120. The molecule has 2 atom stereocenters. The van der Waals surface area contributed by atoms with Crippen molar-refractivity contribution in [3.63, 3.8) is 0 Å². The molecule has 0 aliphatic heterocycles. The monoisotopic (exact) mass is 895 g/mol. The van der Waals surface area contributed by atoms with E-state index in [1.54, 1.807) is 0 Å². The molecule has 338 valence electrons. The fraction of sp³-hybridized carbons (Fsp3) is 0.238. The van der Waals surface area contributed by atoms with Gasteiger partial charge in [-0.1, -0.05) is 163 Å². The van der Waals surface area contributed by atoms with Gasteiger partial charge in [-0.25, -0.2) is 0 Å². The molecule has 0 saturated heterocycles. The molecule has 1 aliphatic carbocycles. The van der Waals surface area contributed by atoms with Crippen LogP contribution in [0.4, 0.5) is 34.1 Å². The summed E-state index contributed by atoms with van der Waals surface area (Å²) in [5.41, 5.74) is 19.4. The van der Waals surface area contributed by atoms with Gasteiger partial charge in [0.05, 0.1) is 28.8 Å². The Labute approximate surface area is 404 Å². The Balaban J connectivity index is 1.29. The lowest BCUT2D eigenvalue weighted by atomic mass is 9.82. The third kappa shape index (κ3) is 9.00. The van der Waals surface area contributed by atoms with E-state index >= 15 is 0 Å². The van der Waals surface area contributed by atoms with Crippen molar-refractivity contribution in [2.24, 2.45) is 0 Å². The van der Waals surface area contributed by atoms with Gasteiger partial charge in [-0.05, 0) is 145 Å². The molecule has 0 saturated carbocycles. The van der Waals surface area contributed by atoms with Crippen molar-refractivity contribution in [1.82, 2.24) is 0 Å². The fourth-order valence-corrected chi connectivity index (χ4v) is 10.9. The maximum Gasteiger partial charge on any atom is 0.0676 e. The molecule has 4 heteroatoms. The van der Waals surface area contributed by atoms with Crippen molar-refractivity contribution >= 4 is 55.5 Å². The van der Waals surface area contributed by atoms with E-state index in [2.05, 4.69) is 267 Å². The number of hydrogen-bond donors (Lipinski definition) is 1. The molecule has 0 radical (unpaired) electrons. The van der Waals surface area contributed by atoms with Gasteiger partial charge in [-0.3, -0.25) is 0 Å². The highest BCUT2D eigenvalue weighted by molar-refractivity contribution is 7.19. The van der Waals surface area contributed by atoms with Crippen molar-refractivity contribution < 1.29 is 0 Å². The van der Waals surface area contributed by atoms with Crippen LogP contribution < -0.4 is 15.1 Å². The predicted octanol–water partition coefficient (Wildman–Crippen LogP) is 18.1. The number of benzene rings is 7. The smallest absolute Gasteiger partial charge is 0.0676 e. The van der Waals surface area contributed by atoms with E-state index < -0.39 is 0 Å². The first-order valence-electron chi connectivity index (χ1n) is 23.9. The minimum atomic E-state index is -0.0388. The molecule has 67 heavy (non-hydrogen) atoms. The van der Waals surface area contributed by atoms with Crippen LogP contribution >= 0.6 is 11.3 Å². The van der Waals surface area contributed by atoms with Gasteiger partial charge in [0.1, 0.15) is 0 Å². The van der Waals surface area contributed by atoms with Gasteiger partial charge >= 0.3 is 0 Å². The van der Waals surface area contributed by atoms with Gasteiger partial charge in [-0.2, -0.15) is 0 Å². The number of allylic oxidation sites excluding steroid dienone is 1. The Morgan fingerprint density at radius 2 is 1.10 bits per heavy atom. The number of rotatable bonds is 10. The second-order valence-corrected chi connectivity index (χ2v) is 21.8. The maximum atomic E-state index is 3.98. The highest BCUT2D eigenvalue weighted by Gasteiger charge is 2.32. The number of thiophene rings is 1. The molecular weight excluding hydrogens is 831 g/mol. The Morgan fingerprint density at radius 1 is 0.507 bits per heavy atom. The molecule has 1 N–H and O–H groups in total. The second-order valence-electron chi connectivity index (χ2n) is 20.5. The number of hydrogen-bond acceptors (Lipinski definition) is 4. The van der Waals surface area contributed by atoms with Crippen LogP contribution in [0.2, 0.25) is 0 Å². The van der Waals surface area contributed by atoms with Gasteiger partial charge in [0, 0.05) is 43.5 Å². The molecule has 1 aliphatic rings. The molecule has 8 aromatic rings. The van der Waals surface area contributed by atoms with Gasteiger partial charge in [0.15, 0.2) is 0 Å². The predicted molar refractivity (Wildman–Crippen MR) is 292 cm³/mol. The van der Waals surface area contributed by atoms with E-state index in [0.29, 0.717) is 0 Å². The minimum Gasteiger partial charge on any atom is -0.378 e. The topological polar surface area (TPSA) is 18.5 Å². The summed E-state index contributed by atoms with van der Waals surface area (Å²) < 4.78 is 1.28. The van der Waals surface area contributed by atoms with Gasteiger partial charge in [0.25, 0.3) is 0 Å². The largest absolute Gasteiger partial charge is 0.378 e. The molecule has 3 nitrogen and oxygen atoms in total. The van der Waals surface area contributed by atoms with Crippen molar-refractivity contribution in [1.29, 1.82) is 0 Å². The quantitative estimate of drug-likeness (QED) is 0.148. The molecule has 0 bridgehead atoms. The summed E-state index contributed by atoms with van der Waals surface area (Å²) >= 11 is 1.87. The molecule has 0 spiro atoms. The van der Waals surface area contributed by atoms with Crippen LogP contribution in [0.25, 0.3) is 21.2 Å². The van der Waals surface area contributed by atoms with Gasteiger partial charge in [-0.15, -0.1) is 11.3 Å². The van der Waals surface area contributed by atoms with E-state index in [0.717, 1.165) is 28.4 Å². The van der Waals surface area contributed by atoms with Crippen LogP contribution in [0.1, 0.15) is 92.6 Å². The van der Waals surface area contributed by atoms with E-state index in [1.165, 1.54) is 76.4 Å². The van der Waals surface area contributed by atoms with Crippen LogP contribution in [0.5, 0.6) is 0 Å². The zero-order valence-electron chi connectivity index (χ0n) is 41.2. The standard InChI is InChI=1S/C63H65N3S/c1-41-22-15-17-26-50(41)53-38-43(3)59(40-54(53)64-49-24-13-12-14-25-49)65(55-28-19-16-23-42(55)2)56-29-21-30-57(44(56)4)66(61-45(5)67-60-31-20-18-27-51(60)61)58-37-36-48(63(9,10)11)39-52(58)46-32-34-47(35-33-46)62(6,7)8/h12-40,53-54,64H,1-11H3. The number of para-hydroxylation sites is 2. The average Bonchev–Trinajstić information content (AvgIpc) is 3.64. The number of fused-ring (bicyclic) bond motifs is 1. The zero-order valence-corrected chi connectivity index (χ0v) is 42.0. The Hall–Kier alpha value is -6.62. The summed E-state index contributed by atoms with van der Waals surface area (Å²) in [4.78, 5) is 6.38. The zero-order chi connectivity index (χ0) is 47.2. The lowest BCUT2D eigenvalue weighted by molar-refractivity contribution is 0.590. The molecule has 1 aromatic heterocycles. The average molecular weight is 896 g/mol. The first-order chi connectivity index (χ1) is 32.1. The third-order valence-electron chi connectivity index (χ3n) is 13.7. The Bertz CT molecular complexity index is 3140. The first-order valence-corrected chi connectivity index (χ1v) is 24.7. The lowest BCUT2D eigenvalue weighted by Gasteiger charge is -2.38. The molecule has 9 rings (SSSR count). The van der Waals surface area contributed by atoms with Crippen molar-refractivity contribution in [2.75, 3.05) is 15.1 Å². The van der Waals surface area contributed by atoms with E-state index in [9.17, 15) is 0 Å². The van der Waals surface area contributed by atoms with Crippen molar-refractivity contribution in [3.8, 4) is 11.1 Å². The summed E-state index contributed by atoms with van der Waals surface area (Å²) in [5, 5.41) is 5.24. The lowest BCUT2D eigenvalue weighted by Crippen LogP contribution is -2.32. The highest BCUT2D eigenvalue weighted by Crippen LogP contribution is 2.52. The van der Waals surface area contributed by atoms with Crippen LogP contribution in [0.3, 0.4) is 0 Å². The molecule has 1 heterocycles. The van der Waals surface area contributed by atoms with Crippen molar-refractivity contribution in [3.05, 3.63) is 225 Å². The van der Waals surface area contributed by atoms with Crippen LogP contribution in [0.15, 0.2) is 187 Å². The maximum absolute atomic E-state index is 3.98. The number of nitrogens with one attached hydrogen (secondary N) is 1. The van der Waals surface area contributed by atoms with Gasteiger partial charge < -0.3 is 15.1 Å². The summed E-state index contributed by atoms with van der Waals surface area (Å²) in [5.74, 6) is 0.133.